The molecule has 8 nitrogen and oxygen atoms in total. The van der Waals surface area contributed by atoms with E-state index in [0.29, 0.717) is 31.9 Å². The Hall–Kier alpha value is -2.16. The highest BCUT2D eigenvalue weighted by atomic mass is 16.5. The van der Waals surface area contributed by atoms with Gasteiger partial charge in [-0.15, -0.1) is 0 Å². The van der Waals surface area contributed by atoms with Crippen molar-refractivity contribution < 1.29 is 24.5 Å². The number of carbonyl (C=O) groups is 2. The number of likely N-dealkylation sites (N-methyl/N-ethyl adjacent to an activating group) is 1. The summed E-state index contributed by atoms with van der Waals surface area (Å²) < 4.78 is 5.32. The van der Waals surface area contributed by atoms with Crippen molar-refractivity contribution in [3.63, 3.8) is 0 Å². The van der Waals surface area contributed by atoms with Crippen LogP contribution in [0.25, 0.3) is 0 Å². The molecular weight excluding hydrogens is 338 g/mol. The first-order chi connectivity index (χ1) is 12.4. The van der Waals surface area contributed by atoms with Crippen LogP contribution in [0.2, 0.25) is 0 Å². The molecule has 0 bridgehead atoms. The Morgan fingerprint density at radius 1 is 1.19 bits per heavy atom. The number of nitrogens with one attached hydrogen (secondary N) is 1. The van der Waals surface area contributed by atoms with Gasteiger partial charge >= 0.3 is 0 Å². The molecule has 0 saturated carbocycles. The monoisotopic (exact) mass is 365 g/mol. The first-order valence-electron chi connectivity index (χ1n) is 8.78. The summed E-state index contributed by atoms with van der Waals surface area (Å²) in [6.07, 6.45) is -2.91. The molecule has 3 N–H and O–H groups in total. The number of nitrogens with zero attached hydrogens (tertiary/aromatic N) is 2. The van der Waals surface area contributed by atoms with Gasteiger partial charge < -0.3 is 30.1 Å². The van der Waals surface area contributed by atoms with Gasteiger partial charge in [-0.1, -0.05) is 6.92 Å². The minimum Gasteiger partial charge on any atom is -0.380 e. The first kappa shape index (κ1) is 20.2. The Bertz CT molecular complexity index is 601. The molecule has 2 rings (SSSR count). The maximum Gasteiger partial charge on any atom is 0.256 e. The van der Waals surface area contributed by atoms with Gasteiger partial charge in [-0.25, -0.2) is 0 Å². The molecule has 2 atom stereocenters. The normalized spacial score (nSPS) is 16.7. The lowest BCUT2D eigenvalue weighted by atomic mass is 10.1. The summed E-state index contributed by atoms with van der Waals surface area (Å²) in [4.78, 5) is 27.5. The van der Waals surface area contributed by atoms with E-state index in [1.807, 2.05) is 19.1 Å². The van der Waals surface area contributed by atoms with Gasteiger partial charge in [0.25, 0.3) is 11.8 Å². The number of anilines is 2. The molecule has 1 heterocycles. The topological polar surface area (TPSA) is 102 Å². The zero-order valence-corrected chi connectivity index (χ0v) is 15.2. The van der Waals surface area contributed by atoms with Crippen molar-refractivity contribution in [1.82, 2.24) is 4.90 Å². The van der Waals surface area contributed by atoms with Gasteiger partial charge in [0.15, 0.2) is 12.2 Å². The molecule has 0 radical (unpaired) electrons. The number of carbonyl (C=O) groups excluding carboxylic acids is 2. The first-order valence-corrected chi connectivity index (χ1v) is 8.78. The van der Waals surface area contributed by atoms with Crippen LogP contribution >= 0.6 is 0 Å². The van der Waals surface area contributed by atoms with Gasteiger partial charge in [0, 0.05) is 38.1 Å². The number of aliphatic hydroxyl groups excluding tert-OH is 2. The maximum absolute atomic E-state index is 12.1. The smallest absolute Gasteiger partial charge is 0.256 e. The largest absolute Gasteiger partial charge is 0.380 e. The van der Waals surface area contributed by atoms with E-state index in [2.05, 4.69) is 10.2 Å². The summed E-state index contributed by atoms with van der Waals surface area (Å²) in [6.45, 7) is 5.31. The minimum atomic E-state index is -1.83. The summed E-state index contributed by atoms with van der Waals surface area (Å²) in [6, 6.07) is 7.16. The zero-order chi connectivity index (χ0) is 19.1. The third-order valence-corrected chi connectivity index (χ3v) is 4.27. The molecule has 1 aliphatic rings. The Balaban J connectivity index is 1.92. The van der Waals surface area contributed by atoms with Crippen molar-refractivity contribution in [2.75, 3.05) is 50.1 Å². The van der Waals surface area contributed by atoms with E-state index in [1.165, 1.54) is 11.9 Å². The Labute approximate surface area is 153 Å². The standard InChI is InChI=1S/C18H27N3O5/c1-3-8-20(2)18(25)16(23)15(22)17(24)19-13-4-6-14(7-5-13)21-9-11-26-12-10-21/h4-7,15-16,22-23H,3,8-12H2,1-2H3,(H,19,24). The van der Waals surface area contributed by atoms with E-state index in [0.717, 1.165) is 18.8 Å². The van der Waals surface area contributed by atoms with Crippen molar-refractivity contribution in [3.05, 3.63) is 24.3 Å². The second kappa shape index (κ2) is 9.51. The molecule has 1 fully saturated rings. The average molecular weight is 365 g/mol. The fourth-order valence-corrected chi connectivity index (χ4v) is 2.74. The van der Waals surface area contributed by atoms with Gasteiger partial charge in [0.2, 0.25) is 0 Å². The molecule has 144 valence electrons. The number of hydrogen-bond acceptors (Lipinski definition) is 6. The summed E-state index contributed by atoms with van der Waals surface area (Å²) in [5.74, 6) is -1.51. The highest BCUT2D eigenvalue weighted by Crippen LogP contribution is 2.19. The van der Waals surface area contributed by atoms with Crippen LogP contribution in [0.1, 0.15) is 13.3 Å². The van der Waals surface area contributed by atoms with Crippen LogP contribution < -0.4 is 10.2 Å². The molecule has 0 aromatic heterocycles. The Kier molecular flexibility index (Phi) is 7.38. The van der Waals surface area contributed by atoms with Gasteiger partial charge in [-0.05, 0) is 30.7 Å². The Morgan fingerprint density at radius 2 is 1.81 bits per heavy atom. The molecular formula is C18H27N3O5. The highest BCUT2D eigenvalue weighted by molar-refractivity contribution is 5.98. The number of amides is 2. The number of benzene rings is 1. The van der Waals surface area contributed by atoms with Crippen LogP contribution in [0, 0.1) is 0 Å². The lowest BCUT2D eigenvalue weighted by molar-refractivity contribution is -0.150. The van der Waals surface area contributed by atoms with Crippen LogP contribution in [0.4, 0.5) is 11.4 Å². The second-order valence-corrected chi connectivity index (χ2v) is 6.29. The zero-order valence-electron chi connectivity index (χ0n) is 15.2. The number of aliphatic hydroxyl groups is 2. The summed E-state index contributed by atoms with van der Waals surface area (Å²) in [5, 5.41) is 22.4. The summed E-state index contributed by atoms with van der Waals surface area (Å²) in [7, 11) is 1.52. The maximum atomic E-state index is 12.1. The van der Waals surface area contributed by atoms with Crippen molar-refractivity contribution in [1.29, 1.82) is 0 Å². The molecule has 2 amide bonds. The van der Waals surface area contributed by atoms with Gasteiger partial charge in [-0.3, -0.25) is 9.59 Å². The van der Waals surface area contributed by atoms with Gasteiger partial charge in [0.05, 0.1) is 13.2 Å². The highest BCUT2D eigenvalue weighted by Gasteiger charge is 2.32. The predicted octanol–water partition coefficient (Wildman–Crippen LogP) is 0.0519. The van der Waals surface area contributed by atoms with Crippen molar-refractivity contribution >= 4 is 23.2 Å². The van der Waals surface area contributed by atoms with Crippen LogP contribution in [0.15, 0.2) is 24.3 Å². The summed E-state index contributed by atoms with van der Waals surface area (Å²) >= 11 is 0. The molecule has 0 spiro atoms. The fourth-order valence-electron chi connectivity index (χ4n) is 2.74. The molecule has 1 aromatic carbocycles. The lowest BCUT2D eigenvalue weighted by Crippen LogP contribution is -2.48. The van der Waals surface area contributed by atoms with Crippen LogP contribution in [0.5, 0.6) is 0 Å². The van der Waals surface area contributed by atoms with Gasteiger partial charge in [-0.2, -0.15) is 0 Å². The van der Waals surface area contributed by atoms with E-state index in [-0.39, 0.29) is 0 Å². The van der Waals surface area contributed by atoms with Crippen LogP contribution in [-0.4, -0.2) is 79.0 Å². The van der Waals surface area contributed by atoms with Crippen molar-refractivity contribution in [2.24, 2.45) is 0 Å². The fraction of sp³-hybridized carbons (Fsp3) is 0.556. The SMILES string of the molecule is CCCN(C)C(=O)C(O)C(O)C(=O)Nc1ccc(N2CCOCC2)cc1. The van der Waals surface area contributed by atoms with E-state index in [1.54, 1.807) is 12.1 Å². The molecule has 26 heavy (non-hydrogen) atoms. The second-order valence-electron chi connectivity index (χ2n) is 6.29. The van der Waals surface area contributed by atoms with E-state index in [4.69, 9.17) is 4.74 Å². The molecule has 1 aromatic rings. The molecule has 1 aliphatic heterocycles. The number of rotatable bonds is 7. The van der Waals surface area contributed by atoms with E-state index < -0.39 is 24.0 Å². The Morgan fingerprint density at radius 3 is 2.38 bits per heavy atom. The molecule has 0 aliphatic carbocycles. The van der Waals surface area contributed by atoms with E-state index >= 15 is 0 Å². The quantitative estimate of drug-likeness (QED) is 0.631. The molecule has 1 saturated heterocycles. The number of ether oxygens (including phenoxy) is 1. The number of morpholine rings is 1. The lowest BCUT2D eigenvalue weighted by Gasteiger charge is -2.29. The number of hydrogen-bond donors (Lipinski definition) is 3. The molecule has 8 heteroatoms. The molecule has 2 unspecified atom stereocenters. The van der Waals surface area contributed by atoms with Crippen molar-refractivity contribution in [3.8, 4) is 0 Å². The third-order valence-electron chi connectivity index (χ3n) is 4.27. The van der Waals surface area contributed by atoms with Crippen molar-refractivity contribution in [2.45, 2.75) is 25.6 Å². The van der Waals surface area contributed by atoms with E-state index in [9.17, 15) is 19.8 Å². The predicted molar refractivity (Wildman–Crippen MR) is 98.0 cm³/mol. The van der Waals surface area contributed by atoms with Crippen LogP contribution in [-0.2, 0) is 14.3 Å². The van der Waals surface area contributed by atoms with Gasteiger partial charge in [0.1, 0.15) is 0 Å². The van der Waals surface area contributed by atoms with Crippen LogP contribution in [0.3, 0.4) is 0 Å². The summed E-state index contributed by atoms with van der Waals surface area (Å²) in [5.41, 5.74) is 1.50. The average Bonchev–Trinajstić information content (AvgIpc) is 2.67. The third kappa shape index (κ3) is 5.17. The minimum absolute atomic E-state index is 0.438.